The molecule has 2 rings (SSSR count). The molecule has 1 aliphatic heterocycles. The van der Waals surface area contributed by atoms with Crippen LogP contribution in [0.1, 0.15) is 40.0 Å². The van der Waals surface area contributed by atoms with Crippen LogP contribution in [0.4, 0.5) is 0 Å². The van der Waals surface area contributed by atoms with Crippen molar-refractivity contribution in [3.8, 4) is 0 Å². The molecule has 0 spiro atoms. The van der Waals surface area contributed by atoms with Gasteiger partial charge in [-0.05, 0) is 43.1 Å². The van der Waals surface area contributed by atoms with Gasteiger partial charge in [-0.2, -0.15) is 0 Å². The third kappa shape index (κ3) is 3.09. The maximum atomic E-state index is 11.0. The summed E-state index contributed by atoms with van der Waals surface area (Å²) >= 11 is 0. The average Bonchev–Trinajstić information content (AvgIpc) is 2.66. The van der Waals surface area contributed by atoms with Crippen LogP contribution in [-0.2, 0) is 14.3 Å². The minimum absolute atomic E-state index is 0.228. The first-order valence-electron chi connectivity index (χ1n) is 6.60. The van der Waals surface area contributed by atoms with Gasteiger partial charge in [-0.3, -0.25) is 0 Å². The van der Waals surface area contributed by atoms with Gasteiger partial charge < -0.3 is 9.47 Å². The van der Waals surface area contributed by atoms with E-state index in [0.717, 1.165) is 12.3 Å². The van der Waals surface area contributed by atoms with Crippen LogP contribution in [0.5, 0.6) is 0 Å². The lowest BCUT2D eigenvalue weighted by Gasteiger charge is -2.37. The number of hydrogen-bond acceptors (Lipinski definition) is 3. The third-order valence-electron chi connectivity index (χ3n) is 3.88. The molecule has 1 fully saturated rings. The van der Waals surface area contributed by atoms with Crippen molar-refractivity contribution >= 4 is 5.97 Å². The standard InChI is InChI=1S/C14H22O3/c1-9(2)11-8-10(3)4-5-12(11)16-14-7-6-13(15)17-14/h6-7,9-12,14H,4-5,8H2,1-3H3/t10-,11-,12?,14+/m0/s1. The van der Waals surface area contributed by atoms with Crippen molar-refractivity contribution in [2.75, 3.05) is 0 Å². The highest BCUT2D eigenvalue weighted by atomic mass is 16.7. The summed E-state index contributed by atoms with van der Waals surface area (Å²) in [4.78, 5) is 11.0. The zero-order valence-electron chi connectivity index (χ0n) is 10.9. The molecule has 1 saturated carbocycles. The van der Waals surface area contributed by atoms with Crippen molar-refractivity contribution in [2.45, 2.75) is 52.4 Å². The summed E-state index contributed by atoms with van der Waals surface area (Å²) in [5, 5.41) is 0. The van der Waals surface area contributed by atoms with Crippen molar-refractivity contribution < 1.29 is 14.3 Å². The fourth-order valence-electron chi connectivity index (χ4n) is 2.86. The molecule has 0 saturated heterocycles. The van der Waals surface area contributed by atoms with Crippen molar-refractivity contribution in [3.63, 3.8) is 0 Å². The van der Waals surface area contributed by atoms with Crippen LogP contribution in [0.2, 0.25) is 0 Å². The summed E-state index contributed by atoms with van der Waals surface area (Å²) in [6.07, 6.45) is 6.42. The number of rotatable bonds is 3. The molecule has 3 nitrogen and oxygen atoms in total. The second-order valence-corrected chi connectivity index (χ2v) is 5.67. The summed E-state index contributed by atoms with van der Waals surface area (Å²) < 4.78 is 11.0. The molecule has 0 aromatic carbocycles. The molecule has 4 atom stereocenters. The SMILES string of the molecule is CC(C)[C@@H]1C[C@@H](C)CCC1O[C@H]1C=CC(=O)O1. The van der Waals surface area contributed by atoms with Gasteiger partial charge in [-0.1, -0.05) is 20.8 Å². The first-order valence-corrected chi connectivity index (χ1v) is 6.60. The zero-order chi connectivity index (χ0) is 12.4. The Morgan fingerprint density at radius 2 is 2.18 bits per heavy atom. The first-order chi connectivity index (χ1) is 8.06. The third-order valence-corrected chi connectivity index (χ3v) is 3.88. The normalized spacial score (nSPS) is 37.5. The number of ether oxygens (including phenoxy) is 2. The Bertz CT molecular complexity index is 309. The Hall–Kier alpha value is -0.830. The summed E-state index contributed by atoms with van der Waals surface area (Å²) in [5.41, 5.74) is 0. The van der Waals surface area contributed by atoms with E-state index in [0.29, 0.717) is 11.8 Å². The topological polar surface area (TPSA) is 35.5 Å². The monoisotopic (exact) mass is 238 g/mol. The smallest absolute Gasteiger partial charge is 0.333 e. The highest BCUT2D eigenvalue weighted by molar-refractivity contribution is 5.84. The number of cyclic esters (lactones) is 1. The fraction of sp³-hybridized carbons (Fsp3) is 0.786. The van der Waals surface area contributed by atoms with Gasteiger partial charge in [0.1, 0.15) is 0 Å². The highest BCUT2D eigenvalue weighted by Gasteiger charge is 2.34. The second-order valence-electron chi connectivity index (χ2n) is 5.67. The zero-order valence-corrected chi connectivity index (χ0v) is 10.9. The van der Waals surface area contributed by atoms with Gasteiger partial charge in [0.25, 0.3) is 0 Å². The Labute approximate surface area is 103 Å². The lowest BCUT2D eigenvalue weighted by atomic mass is 9.75. The Morgan fingerprint density at radius 3 is 2.76 bits per heavy atom. The van der Waals surface area contributed by atoms with Crippen LogP contribution in [0.15, 0.2) is 12.2 Å². The van der Waals surface area contributed by atoms with Crippen LogP contribution >= 0.6 is 0 Å². The largest absolute Gasteiger partial charge is 0.429 e. The number of carbonyl (C=O) groups is 1. The van der Waals surface area contributed by atoms with Gasteiger partial charge in [0.05, 0.1) is 6.10 Å². The van der Waals surface area contributed by atoms with E-state index in [9.17, 15) is 4.79 Å². The van der Waals surface area contributed by atoms with E-state index >= 15 is 0 Å². The molecule has 1 unspecified atom stereocenters. The van der Waals surface area contributed by atoms with E-state index in [4.69, 9.17) is 9.47 Å². The van der Waals surface area contributed by atoms with Crippen LogP contribution in [0.3, 0.4) is 0 Å². The minimum Gasteiger partial charge on any atom is -0.429 e. The van der Waals surface area contributed by atoms with E-state index in [1.807, 2.05) is 0 Å². The summed E-state index contributed by atoms with van der Waals surface area (Å²) in [7, 11) is 0. The molecule has 0 aromatic heterocycles. The van der Waals surface area contributed by atoms with Gasteiger partial charge in [0.2, 0.25) is 6.29 Å². The molecule has 3 heteroatoms. The molecule has 17 heavy (non-hydrogen) atoms. The second kappa shape index (κ2) is 5.21. The van der Waals surface area contributed by atoms with Crippen molar-refractivity contribution in [3.05, 3.63) is 12.2 Å². The fourth-order valence-corrected chi connectivity index (χ4v) is 2.86. The molecular formula is C14H22O3. The minimum atomic E-state index is -0.456. The van der Waals surface area contributed by atoms with Crippen molar-refractivity contribution in [2.24, 2.45) is 17.8 Å². The van der Waals surface area contributed by atoms with E-state index in [-0.39, 0.29) is 12.1 Å². The van der Waals surface area contributed by atoms with Crippen molar-refractivity contribution in [1.82, 2.24) is 0 Å². The molecule has 1 heterocycles. The van der Waals surface area contributed by atoms with E-state index in [1.165, 1.54) is 18.9 Å². The molecule has 0 N–H and O–H groups in total. The average molecular weight is 238 g/mol. The van der Waals surface area contributed by atoms with E-state index in [2.05, 4.69) is 20.8 Å². The molecular weight excluding hydrogens is 216 g/mol. The van der Waals surface area contributed by atoms with Crippen LogP contribution in [0, 0.1) is 17.8 Å². The van der Waals surface area contributed by atoms with Gasteiger partial charge in [0.15, 0.2) is 0 Å². The molecule has 1 aliphatic carbocycles. The number of hydrogen-bond donors (Lipinski definition) is 0. The van der Waals surface area contributed by atoms with Gasteiger partial charge in [0, 0.05) is 6.08 Å². The van der Waals surface area contributed by atoms with Crippen molar-refractivity contribution in [1.29, 1.82) is 0 Å². The molecule has 0 radical (unpaired) electrons. The maximum absolute atomic E-state index is 11.0. The Kier molecular flexibility index (Phi) is 3.87. The van der Waals surface area contributed by atoms with Gasteiger partial charge in [-0.15, -0.1) is 0 Å². The Balaban J connectivity index is 1.94. The Morgan fingerprint density at radius 1 is 1.41 bits per heavy atom. The summed E-state index contributed by atoms with van der Waals surface area (Å²) in [5.74, 6) is 1.68. The van der Waals surface area contributed by atoms with Crippen LogP contribution < -0.4 is 0 Å². The quantitative estimate of drug-likeness (QED) is 0.709. The van der Waals surface area contributed by atoms with Gasteiger partial charge in [-0.25, -0.2) is 4.79 Å². The highest BCUT2D eigenvalue weighted by Crippen LogP contribution is 2.36. The van der Waals surface area contributed by atoms with Crippen LogP contribution in [-0.4, -0.2) is 18.4 Å². The first kappa shape index (κ1) is 12.6. The summed E-state index contributed by atoms with van der Waals surface area (Å²) in [6.45, 7) is 6.80. The van der Waals surface area contributed by atoms with Gasteiger partial charge >= 0.3 is 5.97 Å². The molecule has 0 aromatic rings. The van der Waals surface area contributed by atoms with E-state index < -0.39 is 6.29 Å². The predicted octanol–water partition coefficient (Wildman–Crippen LogP) is 2.90. The maximum Gasteiger partial charge on any atom is 0.333 e. The number of carbonyl (C=O) groups excluding carboxylic acids is 1. The summed E-state index contributed by atoms with van der Waals surface area (Å²) in [6, 6.07) is 0. The van der Waals surface area contributed by atoms with Crippen LogP contribution in [0.25, 0.3) is 0 Å². The lowest BCUT2D eigenvalue weighted by molar-refractivity contribution is -0.177. The lowest BCUT2D eigenvalue weighted by Crippen LogP contribution is -2.36. The molecule has 96 valence electrons. The molecule has 0 amide bonds. The van der Waals surface area contributed by atoms with E-state index in [1.54, 1.807) is 6.08 Å². The number of esters is 1. The molecule has 0 bridgehead atoms. The molecule has 2 aliphatic rings. The predicted molar refractivity (Wildman–Crippen MR) is 65.2 cm³/mol.